The largest absolute Gasteiger partial charge is 0.243 e. The molecule has 0 aliphatic carbocycles. The standard InChI is InChI=1S/C12H15ClN2O2S/c1-10(2)15(8-4-7-14)18(16,17)12-6-3-5-11(13)9-12/h3,5-6,9-10H,4,8H2,1-2H3. The minimum Gasteiger partial charge on any atom is -0.207 e. The molecule has 0 N–H and O–H groups in total. The van der Waals surface area contributed by atoms with Crippen LogP contribution in [0.4, 0.5) is 0 Å². The van der Waals surface area contributed by atoms with Gasteiger partial charge in [0.15, 0.2) is 0 Å². The first-order valence-corrected chi connectivity index (χ1v) is 7.35. The van der Waals surface area contributed by atoms with Gasteiger partial charge in [0.25, 0.3) is 0 Å². The normalized spacial score (nSPS) is 11.8. The summed E-state index contributed by atoms with van der Waals surface area (Å²) in [6.45, 7) is 3.74. The number of hydrogen-bond donors (Lipinski definition) is 0. The van der Waals surface area contributed by atoms with Gasteiger partial charge in [0.1, 0.15) is 0 Å². The lowest BCUT2D eigenvalue weighted by molar-refractivity contribution is 0.360. The summed E-state index contributed by atoms with van der Waals surface area (Å²) in [4.78, 5) is 0.154. The Morgan fingerprint density at radius 3 is 2.61 bits per heavy atom. The van der Waals surface area contributed by atoms with E-state index in [0.29, 0.717) is 5.02 Å². The lowest BCUT2D eigenvalue weighted by Gasteiger charge is -2.25. The van der Waals surface area contributed by atoms with E-state index in [-0.39, 0.29) is 23.9 Å². The van der Waals surface area contributed by atoms with Crippen molar-refractivity contribution in [2.75, 3.05) is 6.54 Å². The average Bonchev–Trinajstić information content (AvgIpc) is 2.28. The zero-order valence-corrected chi connectivity index (χ0v) is 11.9. The molecule has 98 valence electrons. The van der Waals surface area contributed by atoms with E-state index in [1.54, 1.807) is 26.0 Å². The zero-order valence-electron chi connectivity index (χ0n) is 10.3. The molecule has 0 radical (unpaired) electrons. The van der Waals surface area contributed by atoms with Crippen molar-refractivity contribution in [2.45, 2.75) is 31.2 Å². The molecule has 0 bridgehead atoms. The molecule has 1 rings (SSSR count). The third-order valence-corrected chi connectivity index (χ3v) is 4.73. The molecule has 0 aromatic heterocycles. The van der Waals surface area contributed by atoms with Crippen LogP contribution in [0.1, 0.15) is 20.3 Å². The monoisotopic (exact) mass is 286 g/mol. The molecule has 6 heteroatoms. The first-order valence-electron chi connectivity index (χ1n) is 5.54. The molecule has 4 nitrogen and oxygen atoms in total. The summed E-state index contributed by atoms with van der Waals surface area (Å²) in [5.41, 5.74) is 0. The summed E-state index contributed by atoms with van der Waals surface area (Å²) >= 11 is 5.80. The van der Waals surface area contributed by atoms with Crippen molar-refractivity contribution < 1.29 is 8.42 Å². The third-order valence-electron chi connectivity index (χ3n) is 2.42. The number of rotatable bonds is 5. The second-order valence-electron chi connectivity index (χ2n) is 4.07. The molecular weight excluding hydrogens is 272 g/mol. The topological polar surface area (TPSA) is 61.2 Å². The molecule has 0 fully saturated rings. The maximum Gasteiger partial charge on any atom is 0.243 e. The zero-order chi connectivity index (χ0) is 13.8. The van der Waals surface area contributed by atoms with Gasteiger partial charge in [-0.2, -0.15) is 9.57 Å². The van der Waals surface area contributed by atoms with Crippen LogP contribution in [0.5, 0.6) is 0 Å². The van der Waals surface area contributed by atoms with Crippen molar-refractivity contribution in [3.63, 3.8) is 0 Å². The SMILES string of the molecule is CC(C)N(CCC#N)S(=O)(=O)c1cccc(Cl)c1. The van der Waals surface area contributed by atoms with Crippen LogP contribution in [0, 0.1) is 11.3 Å². The van der Waals surface area contributed by atoms with Crippen LogP contribution in [0.25, 0.3) is 0 Å². The first kappa shape index (κ1) is 15.0. The fourth-order valence-corrected chi connectivity index (χ4v) is 3.52. The summed E-state index contributed by atoms with van der Waals surface area (Å²) in [5.74, 6) is 0. The maximum atomic E-state index is 12.4. The number of hydrogen-bond acceptors (Lipinski definition) is 3. The van der Waals surface area contributed by atoms with Gasteiger partial charge in [0.05, 0.1) is 11.0 Å². The molecule has 0 unspecified atom stereocenters. The summed E-state index contributed by atoms with van der Waals surface area (Å²) in [5, 5.41) is 8.96. The average molecular weight is 287 g/mol. The van der Waals surface area contributed by atoms with Gasteiger partial charge in [-0.05, 0) is 32.0 Å². The van der Waals surface area contributed by atoms with Gasteiger partial charge in [-0.1, -0.05) is 17.7 Å². The van der Waals surface area contributed by atoms with Crippen LogP contribution in [0.2, 0.25) is 5.02 Å². The molecule has 0 spiro atoms. The van der Waals surface area contributed by atoms with Crippen molar-refractivity contribution >= 4 is 21.6 Å². The van der Waals surface area contributed by atoms with Crippen LogP contribution in [0.15, 0.2) is 29.2 Å². The van der Waals surface area contributed by atoms with E-state index in [0.717, 1.165) is 0 Å². The number of nitrogens with zero attached hydrogens (tertiary/aromatic N) is 2. The molecule has 0 saturated carbocycles. The Morgan fingerprint density at radius 2 is 2.11 bits per heavy atom. The fraction of sp³-hybridized carbons (Fsp3) is 0.417. The molecular formula is C12H15ClN2O2S. The van der Waals surface area contributed by atoms with E-state index in [9.17, 15) is 8.42 Å². The number of sulfonamides is 1. The van der Waals surface area contributed by atoms with E-state index in [1.165, 1.54) is 16.4 Å². The maximum absolute atomic E-state index is 12.4. The molecule has 0 atom stereocenters. The van der Waals surface area contributed by atoms with E-state index in [1.807, 2.05) is 6.07 Å². The molecule has 0 amide bonds. The summed E-state index contributed by atoms with van der Waals surface area (Å²) in [6, 6.07) is 7.88. The lowest BCUT2D eigenvalue weighted by atomic mass is 10.3. The Bertz CT molecular complexity index is 549. The highest BCUT2D eigenvalue weighted by molar-refractivity contribution is 7.89. The lowest BCUT2D eigenvalue weighted by Crippen LogP contribution is -2.37. The molecule has 1 aromatic carbocycles. The first-order chi connectivity index (χ1) is 8.39. The minimum atomic E-state index is -3.60. The van der Waals surface area contributed by atoms with Crippen molar-refractivity contribution in [1.29, 1.82) is 5.26 Å². The third kappa shape index (κ3) is 3.45. The highest BCUT2D eigenvalue weighted by Gasteiger charge is 2.26. The van der Waals surface area contributed by atoms with Gasteiger partial charge in [-0.3, -0.25) is 0 Å². The molecule has 0 aliphatic heterocycles. The Hall–Kier alpha value is -1.09. The summed E-state index contributed by atoms with van der Waals surface area (Å²) in [6.07, 6.45) is 0.165. The van der Waals surface area contributed by atoms with E-state index >= 15 is 0 Å². The Labute approximate surface area is 113 Å². The molecule has 0 saturated heterocycles. The van der Waals surface area contributed by atoms with Crippen molar-refractivity contribution in [3.8, 4) is 6.07 Å². The van der Waals surface area contributed by atoms with Crippen LogP contribution < -0.4 is 0 Å². The van der Waals surface area contributed by atoms with Gasteiger partial charge < -0.3 is 0 Å². The van der Waals surface area contributed by atoms with Crippen molar-refractivity contribution in [2.24, 2.45) is 0 Å². The molecule has 0 aliphatic rings. The Kier molecular flexibility index (Phi) is 5.15. The van der Waals surface area contributed by atoms with Crippen LogP contribution in [-0.2, 0) is 10.0 Å². The van der Waals surface area contributed by atoms with E-state index in [2.05, 4.69) is 0 Å². The van der Waals surface area contributed by atoms with Gasteiger partial charge in [-0.25, -0.2) is 8.42 Å². The predicted octanol–water partition coefficient (Wildman–Crippen LogP) is 2.65. The van der Waals surface area contributed by atoms with Crippen LogP contribution in [0.3, 0.4) is 0 Å². The van der Waals surface area contributed by atoms with Gasteiger partial charge >= 0.3 is 0 Å². The fourth-order valence-electron chi connectivity index (χ4n) is 1.58. The van der Waals surface area contributed by atoms with Crippen molar-refractivity contribution in [1.82, 2.24) is 4.31 Å². The second-order valence-corrected chi connectivity index (χ2v) is 6.40. The smallest absolute Gasteiger partial charge is 0.207 e. The number of halogens is 1. The summed E-state index contributed by atoms with van der Waals surface area (Å²) < 4.78 is 26.1. The van der Waals surface area contributed by atoms with Gasteiger partial charge in [0.2, 0.25) is 10.0 Å². The predicted molar refractivity (Wildman–Crippen MR) is 70.7 cm³/mol. The Balaban J connectivity index is 3.14. The number of nitriles is 1. The van der Waals surface area contributed by atoms with Crippen molar-refractivity contribution in [3.05, 3.63) is 29.3 Å². The Morgan fingerprint density at radius 1 is 1.44 bits per heavy atom. The van der Waals surface area contributed by atoms with Gasteiger partial charge in [0, 0.05) is 24.0 Å². The summed E-state index contributed by atoms with van der Waals surface area (Å²) in [7, 11) is -3.60. The minimum absolute atomic E-state index is 0.154. The quantitative estimate of drug-likeness (QED) is 0.836. The van der Waals surface area contributed by atoms with Crippen LogP contribution in [-0.4, -0.2) is 25.3 Å². The molecule has 0 heterocycles. The van der Waals surface area contributed by atoms with Crippen LogP contribution >= 0.6 is 11.6 Å². The van der Waals surface area contributed by atoms with E-state index in [4.69, 9.17) is 16.9 Å². The van der Waals surface area contributed by atoms with Gasteiger partial charge in [-0.15, -0.1) is 0 Å². The molecule has 18 heavy (non-hydrogen) atoms. The highest BCUT2D eigenvalue weighted by Crippen LogP contribution is 2.21. The number of benzene rings is 1. The van der Waals surface area contributed by atoms with E-state index < -0.39 is 10.0 Å². The highest BCUT2D eigenvalue weighted by atomic mass is 35.5. The molecule has 1 aromatic rings. The second kappa shape index (κ2) is 6.19.